The molecule has 0 aromatic heterocycles. The summed E-state index contributed by atoms with van der Waals surface area (Å²) in [6.07, 6.45) is -3.41. The molecule has 0 bridgehead atoms. The Morgan fingerprint density at radius 1 is 0.923 bits per heavy atom. The molecule has 0 aromatic carbocycles. The Kier molecular flexibility index (Phi) is 8.01. The van der Waals surface area contributed by atoms with Gasteiger partial charge in [0.25, 0.3) is 0 Å². The summed E-state index contributed by atoms with van der Waals surface area (Å²) in [5.74, 6) is -2.15. The van der Waals surface area contributed by atoms with Crippen LogP contribution >= 0.6 is 0 Å². The van der Waals surface area contributed by atoms with E-state index in [4.69, 9.17) is 18.9 Å². The second-order valence-corrected chi connectivity index (χ2v) is 6.56. The number of esters is 3. The van der Waals surface area contributed by atoms with Crippen LogP contribution in [-0.2, 0) is 38.1 Å². The molecule has 0 saturated carbocycles. The van der Waals surface area contributed by atoms with Gasteiger partial charge in [0, 0.05) is 27.7 Å². The van der Waals surface area contributed by atoms with Gasteiger partial charge in [0.1, 0.15) is 12.7 Å². The molecule has 1 N–H and O–H groups in total. The van der Waals surface area contributed by atoms with E-state index in [1.54, 1.807) is 0 Å². The number of hydrogen-bond donors (Lipinski definition) is 1. The Hall–Kier alpha value is -2.16. The maximum absolute atomic E-state index is 11.7. The molecule has 0 aliphatic carbocycles. The van der Waals surface area contributed by atoms with Gasteiger partial charge >= 0.3 is 17.9 Å². The molecule has 148 valence electrons. The van der Waals surface area contributed by atoms with Gasteiger partial charge in [-0.3, -0.25) is 19.2 Å². The van der Waals surface area contributed by atoms with Crippen molar-refractivity contribution in [1.29, 1.82) is 0 Å². The standard InChI is InChI=1S/C17H27NO8/c1-8(2)15-14(18-9(3)19)17(25-12(6)22)16(24-11(5)21)13(26-15)7-23-10(4)20/h8,13-17H,7H2,1-6H3,(H,18,19)/t13?,14?,15-,16-,17+/m0/s1. The molecule has 0 radical (unpaired) electrons. The summed E-state index contributed by atoms with van der Waals surface area (Å²) >= 11 is 0. The minimum Gasteiger partial charge on any atom is -0.463 e. The highest BCUT2D eigenvalue weighted by molar-refractivity contribution is 5.73. The number of hydrogen-bond acceptors (Lipinski definition) is 8. The zero-order valence-electron chi connectivity index (χ0n) is 15.9. The third-order valence-electron chi connectivity index (χ3n) is 3.81. The van der Waals surface area contributed by atoms with Gasteiger partial charge in [-0.2, -0.15) is 0 Å². The van der Waals surface area contributed by atoms with E-state index < -0.39 is 48.4 Å². The van der Waals surface area contributed by atoms with E-state index in [-0.39, 0.29) is 18.4 Å². The molecule has 1 fully saturated rings. The fourth-order valence-electron chi connectivity index (χ4n) is 2.94. The molecular weight excluding hydrogens is 346 g/mol. The molecule has 1 rings (SSSR count). The fourth-order valence-corrected chi connectivity index (χ4v) is 2.94. The summed E-state index contributed by atoms with van der Waals surface area (Å²) in [5.41, 5.74) is 0. The highest BCUT2D eigenvalue weighted by atomic mass is 16.6. The van der Waals surface area contributed by atoms with Crippen molar-refractivity contribution in [2.75, 3.05) is 6.61 Å². The zero-order valence-corrected chi connectivity index (χ0v) is 15.9. The number of carbonyl (C=O) groups is 4. The molecule has 0 spiro atoms. The van der Waals surface area contributed by atoms with Crippen molar-refractivity contribution in [2.45, 2.75) is 72.0 Å². The lowest BCUT2D eigenvalue weighted by Gasteiger charge is -2.46. The van der Waals surface area contributed by atoms with E-state index >= 15 is 0 Å². The van der Waals surface area contributed by atoms with Crippen molar-refractivity contribution in [3.8, 4) is 0 Å². The summed E-state index contributed by atoms with van der Waals surface area (Å²) in [6, 6.07) is -0.727. The van der Waals surface area contributed by atoms with Gasteiger partial charge in [-0.1, -0.05) is 13.8 Å². The number of rotatable bonds is 6. The van der Waals surface area contributed by atoms with Gasteiger partial charge in [0.05, 0.1) is 12.1 Å². The van der Waals surface area contributed by atoms with Crippen molar-refractivity contribution in [3.05, 3.63) is 0 Å². The van der Waals surface area contributed by atoms with Gasteiger partial charge < -0.3 is 24.3 Å². The van der Waals surface area contributed by atoms with E-state index in [9.17, 15) is 19.2 Å². The molecule has 2 unspecified atom stereocenters. The van der Waals surface area contributed by atoms with Crippen molar-refractivity contribution < 1.29 is 38.1 Å². The van der Waals surface area contributed by atoms with E-state index in [1.807, 2.05) is 13.8 Å². The van der Waals surface area contributed by atoms with Crippen LogP contribution in [0.25, 0.3) is 0 Å². The smallest absolute Gasteiger partial charge is 0.303 e. The molecule has 1 aliphatic rings. The van der Waals surface area contributed by atoms with Crippen molar-refractivity contribution in [3.63, 3.8) is 0 Å². The van der Waals surface area contributed by atoms with Crippen molar-refractivity contribution in [1.82, 2.24) is 5.32 Å². The van der Waals surface area contributed by atoms with Crippen LogP contribution in [0.3, 0.4) is 0 Å². The first-order valence-electron chi connectivity index (χ1n) is 8.43. The largest absolute Gasteiger partial charge is 0.463 e. The molecular formula is C17H27NO8. The molecule has 9 nitrogen and oxygen atoms in total. The van der Waals surface area contributed by atoms with Gasteiger partial charge in [-0.05, 0) is 5.92 Å². The average Bonchev–Trinajstić information content (AvgIpc) is 2.47. The molecule has 9 heteroatoms. The Bertz CT molecular complexity index is 547. The molecule has 1 amide bonds. The first-order valence-corrected chi connectivity index (χ1v) is 8.43. The number of ether oxygens (including phenoxy) is 4. The first kappa shape index (κ1) is 21.9. The maximum atomic E-state index is 11.7. The molecule has 1 aliphatic heterocycles. The van der Waals surface area contributed by atoms with Crippen LogP contribution < -0.4 is 5.32 Å². The highest BCUT2D eigenvalue weighted by Gasteiger charge is 2.51. The molecule has 5 atom stereocenters. The van der Waals surface area contributed by atoms with Crippen molar-refractivity contribution >= 4 is 23.8 Å². The second-order valence-electron chi connectivity index (χ2n) is 6.56. The Labute approximate surface area is 152 Å². The Morgan fingerprint density at radius 3 is 1.88 bits per heavy atom. The predicted molar refractivity (Wildman–Crippen MR) is 88.8 cm³/mol. The van der Waals surface area contributed by atoms with Gasteiger partial charge in [-0.15, -0.1) is 0 Å². The molecule has 1 saturated heterocycles. The Balaban J connectivity index is 3.27. The average molecular weight is 373 g/mol. The molecule has 0 aromatic rings. The van der Waals surface area contributed by atoms with Crippen LogP contribution in [0.15, 0.2) is 0 Å². The predicted octanol–water partition coefficient (Wildman–Crippen LogP) is 0.341. The van der Waals surface area contributed by atoms with Crippen LogP contribution in [-0.4, -0.2) is 60.9 Å². The maximum Gasteiger partial charge on any atom is 0.303 e. The quantitative estimate of drug-likeness (QED) is 0.523. The Morgan fingerprint density at radius 2 is 1.46 bits per heavy atom. The van der Waals surface area contributed by atoms with Gasteiger partial charge in [-0.25, -0.2) is 0 Å². The minimum absolute atomic E-state index is 0.0667. The molecule has 1 heterocycles. The summed E-state index contributed by atoms with van der Waals surface area (Å²) in [5, 5.41) is 2.72. The van der Waals surface area contributed by atoms with E-state index in [2.05, 4.69) is 5.32 Å². The van der Waals surface area contributed by atoms with E-state index in [0.29, 0.717) is 0 Å². The van der Waals surface area contributed by atoms with Crippen LogP contribution in [0, 0.1) is 5.92 Å². The third kappa shape index (κ3) is 6.29. The van der Waals surface area contributed by atoms with Gasteiger partial charge in [0.15, 0.2) is 12.2 Å². The lowest BCUT2D eigenvalue weighted by atomic mass is 9.87. The number of carbonyl (C=O) groups excluding carboxylic acids is 4. The fraction of sp³-hybridized carbons (Fsp3) is 0.765. The van der Waals surface area contributed by atoms with Crippen LogP contribution in [0.4, 0.5) is 0 Å². The van der Waals surface area contributed by atoms with Crippen LogP contribution in [0.2, 0.25) is 0 Å². The lowest BCUT2D eigenvalue weighted by Crippen LogP contribution is -2.67. The van der Waals surface area contributed by atoms with Crippen LogP contribution in [0.1, 0.15) is 41.5 Å². The summed E-state index contributed by atoms with van der Waals surface area (Å²) in [6.45, 7) is 8.56. The summed E-state index contributed by atoms with van der Waals surface area (Å²) in [4.78, 5) is 46.0. The zero-order chi connectivity index (χ0) is 20.0. The van der Waals surface area contributed by atoms with Crippen molar-refractivity contribution in [2.24, 2.45) is 5.92 Å². The number of nitrogens with one attached hydrogen (secondary N) is 1. The van der Waals surface area contributed by atoms with E-state index in [0.717, 1.165) is 0 Å². The van der Waals surface area contributed by atoms with Crippen LogP contribution in [0.5, 0.6) is 0 Å². The van der Waals surface area contributed by atoms with E-state index in [1.165, 1.54) is 27.7 Å². The summed E-state index contributed by atoms with van der Waals surface area (Å²) in [7, 11) is 0. The second kappa shape index (κ2) is 9.51. The first-order chi connectivity index (χ1) is 12.0. The number of amides is 1. The normalized spacial score (nSPS) is 28.2. The minimum atomic E-state index is -1.04. The summed E-state index contributed by atoms with van der Waals surface area (Å²) < 4.78 is 21.7. The highest BCUT2D eigenvalue weighted by Crippen LogP contribution is 2.30. The third-order valence-corrected chi connectivity index (χ3v) is 3.81. The lowest BCUT2D eigenvalue weighted by molar-refractivity contribution is -0.229. The topological polar surface area (TPSA) is 117 Å². The monoisotopic (exact) mass is 373 g/mol. The SMILES string of the molecule is CC(=O)NC1[C@H](C(C)C)OC(COC(C)=O)[C@H](OC(C)=O)[C@@H]1OC(C)=O. The molecule has 26 heavy (non-hydrogen) atoms. The van der Waals surface area contributed by atoms with Gasteiger partial charge in [0.2, 0.25) is 5.91 Å².